The number of fused-ring (bicyclic) bond motifs is 1. The molecule has 68 valence electrons. The number of thiophene rings is 1. The zero-order chi connectivity index (χ0) is 9.42. The van der Waals surface area contributed by atoms with Crippen molar-refractivity contribution in [2.24, 2.45) is 0 Å². The molecule has 2 rings (SSSR count). The van der Waals surface area contributed by atoms with E-state index in [-0.39, 0.29) is 0 Å². The maximum atomic E-state index is 5.92. The minimum absolute atomic E-state index is 0.834. The van der Waals surface area contributed by atoms with Gasteiger partial charge in [0.25, 0.3) is 0 Å². The molecule has 13 heavy (non-hydrogen) atoms. The highest BCUT2D eigenvalue weighted by molar-refractivity contribution is 7.99. The number of halogens is 1. The number of rotatable bonds is 1. The van der Waals surface area contributed by atoms with E-state index < -0.39 is 0 Å². The summed E-state index contributed by atoms with van der Waals surface area (Å²) in [7, 11) is 0. The summed E-state index contributed by atoms with van der Waals surface area (Å²) in [6.07, 6.45) is 2.05. The van der Waals surface area contributed by atoms with Gasteiger partial charge in [0.2, 0.25) is 0 Å². The molecule has 0 aliphatic rings. The fourth-order valence-electron chi connectivity index (χ4n) is 1.19. The minimum atomic E-state index is 0.834. The van der Waals surface area contributed by atoms with Crippen molar-refractivity contribution in [1.29, 1.82) is 0 Å². The van der Waals surface area contributed by atoms with E-state index in [4.69, 9.17) is 11.6 Å². The van der Waals surface area contributed by atoms with Crippen LogP contribution in [-0.4, -0.2) is 6.26 Å². The molecular weight excluding hydrogens is 240 g/mol. The van der Waals surface area contributed by atoms with E-state index in [1.54, 1.807) is 23.1 Å². The van der Waals surface area contributed by atoms with Crippen molar-refractivity contribution in [3.05, 3.63) is 22.5 Å². The van der Waals surface area contributed by atoms with Crippen molar-refractivity contribution in [3.63, 3.8) is 0 Å². The molecule has 2 aromatic rings. The molecule has 1 heterocycles. The van der Waals surface area contributed by atoms with E-state index in [0.717, 1.165) is 9.23 Å². The molecule has 0 bridgehead atoms. The predicted octanol–water partition coefficient (Wildman–Crippen LogP) is 4.57. The van der Waals surface area contributed by atoms with E-state index in [1.165, 1.54) is 15.0 Å². The standard InChI is InChI=1S/C9H7ClS3/c1-12-8-2-5-3-9(10)13-7(5)4-6(8)11/h2-4,11H,1H3. The van der Waals surface area contributed by atoms with Crippen molar-refractivity contribution in [3.8, 4) is 0 Å². The molecule has 1 aromatic carbocycles. The highest BCUT2D eigenvalue weighted by Crippen LogP contribution is 2.35. The molecule has 0 saturated carbocycles. The van der Waals surface area contributed by atoms with E-state index in [0.29, 0.717) is 0 Å². The predicted molar refractivity (Wildman–Crippen MR) is 65.9 cm³/mol. The minimum Gasteiger partial charge on any atom is -0.142 e. The first-order valence-corrected chi connectivity index (χ1v) is 6.53. The number of hydrogen-bond acceptors (Lipinski definition) is 3. The Hall–Kier alpha value is 0.170. The third-order valence-electron chi connectivity index (χ3n) is 1.79. The Morgan fingerprint density at radius 3 is 2.85 bits per heavy atom. The van der Waals surface area contributed by atoms with Crippen molar-refractivity contribution >= 4 is 57.4 Å². The van der Waals surface area contributed by atoms with E-state index >= 15 is 0 Å². The van der Waals surface area contributed by atoms with E-state index in [1.807, 2.05) is 6.07 Å². The second-order valence-electron chi connectivity index (χ2n) is 2.61. The van der Waals surface area contributed by atoms with Crippen LogP contribution >= 0.6 is 47.3 Å². The summed E-state index contributed by atoms with van der Waals surface area (Å²) in [6.45, 7) is 0. The van der Waals surface area contributed by atoms with Gasteiger partial charge in [-0.1, -0.05) is 11.6 Å². The molecule has 0 unspecified atom stereocenters. The Bertz CT molecular complexity index is 447. The summed E-state index contributed by atoms with van der Waals surface area (Å²) in [6, 6.07) is 6.19. The van der Waals surface area contributed by atoms with Crippen LogP contribution in [0.25, 0.3) is 10.1 Å². The van der Waals surface area contributed by atoms with Crippen LogP contribution in [0.1, 0.15) is 0 Å². The van der Waals surface area contributed by atoms with Gasteiger partial charge in [0.15, 0.2) is 0 Å². The van der Waals surface area contributed by atoms with Crippen LogP contribution in [0.2, 0.25) is 4.34 Å². The maximum Gasteiger partial charge on any atom is 0.0940 e. The van der Waals surface area contributed by atoms with Gasteiger partial charge in [0.1, 0.15) is 0 Å². The summed E-state index contributed by atoms with van der Waals surface area (Å²) in [5.41, 5.74) is 0. The highest BCUT2D eigenvalue weighted by atomic mass is 35.5. The molecular formula is C9H7ClS3. The van der Waals surface area contributed by atoms with Crippen LogP contribution < -0.4 is 0 Å². The fourth-order valence-corrected chi connectivity index (χ4v) is 3.43. The van der Waals surface area contributed by atoms with Crippen LogP contribution in [-0.2, 0) is 0 Å². The van der Waals surface area contributed by atoms with E-state index in [9.17, 15) is 0 Å². The molecule has 0 amide bonds. The zero-order valence-electron chi connectivity index (χ0n) is 6.87. The molecule has 0 saturated heterocycles. The van der Waals surface area contributed by atoms with Crippen molar-refractivity contribution in [2.45, 2.75) is 9.79 Å². The van der Waals surface area contributed by atoms with Crippen molar-refractivity contribution in [1.82, 2.24) is 0 Å². The molecule has 0 spiro atoms. The Balaban J connectivity index is 2.72. The number of thioether (sulfide) groups is 1. The smallest absolute Gasteiger partial charge is 0.0940 e. The molecule has 0 aliphatic carbocycles. The van der Waals surface area contributed by atoms with Crippen LogP contribution in [0, 0.1) is 0 Å². The van der Waals surface area contributed by atoms with Crippen LogP contribution in [0.3, 0.4) is 0 Å². The molecule has 0 nitrogen and oxygen atoms in total. The second kappa shape index (κ2) is 3.73. The van der Waals surface area contributed by atoms with Gasteiger partial charge in [0, 0.05) is 14.5 Å². The summed E-state index contributed by atoms with van der Waals surface area (Å²) in [5.74, 6) is 0. The molecule has 0 radical (unpaired) electrons. The molecule has 0 fully saturated rings. The lowest BCUT2D eigenvalue weighted by molar-refractivity contribution is 1.30. The number of thiol groups is 1. The molecule has 0 atom stereocenters. The molecule has 1 aromatic heterocycles. The first kappa shape index (κ1) is 9.71. The van der Waals surface area contributed by atoms with Crippen LogP contribution in [0.15, 0.2) is 28.0 Å². The summed E-state index contributed by atoms with van der Waals surface area (Å²) in [4.78, 5) is 2.23. The topological polar surface area (TPSA) is 0 Å². The van der Waals surface area contributed by atoms with Gasteiger partial charge in [-0.25, -0.2) is 0 Å². The van der Waals surface area contributed by atoms with Gasteiger partial charge in [-0.3, -0.25) is 0 Å². The Morgan fingerprint density at radius 2 is 2.15 bits per heavy atom. The largest absolute Gasteiger partial charge is 0.142 e. The summed E-state index contributed by atoms with van der Waals surface area (Å²) >= 11 is 13.6. The van der Waals surface area contributed by atoms with Gasteiger partial charge in [-0.05, 0) is 29.8 Å². The van der Waals surface area contributed by atoms with Gasteiger partial charge in [0.05, 0.1) is 4.34 Å². The van der Waals surface area contributed by atoms with Gasteiger partial charge < -0.3 is 0 Å². The Morgan fingerprint density at radius 1 is 1.38 bits per heavy atom. The highest BCUT2D eigenvalue weighted by Gasteiger charge is 2.04. The molecule has 0 aliphatic heterocycles. The van der Waals surface area contributed by atoms with Gasteiger partial charge in [-0.15, -0.1) is 35.7 Å². The van der Waals surface area contributed by atoms with Gasteiger partial charge >= 0.3 is 0 Å². The first-order valence-electron chi connectivity index (χ1n) is 3.67. The van der Waals surface area contributed by atoms with Crippen LogP contribution in [0.5, 0.6) is 0 Å². The summed E-state index contributed by atoms with van der Waals surface area (Å²) < 4.78 is 2.04. The third kappa shape index (κ3) is 1.84. The third-order valence-corrected chi connectivity index (χ3v) is 4.31. The van der Waals surface area contributed by atoms with Gasteiger partial charge in [-0.2, -0.15) is 0 Å². The average molecular weight is 247 g/mol. The van der Waals surface area contributed by atoms with Crippen molar-refractivity contribution in [2.75, 3.05) is 6.26 Å². The number of hydrogen-bond donors (Lipinski definition) is 1. The van der Waals surface area contributed by atoms with E-state index in [2.05, 4.69) is 31.0 Å². The maximum absolute atomic E-state index is 5.92. The second-order valence-corrected chi connectivity index (χ2v) is 5.66. The normalized spacial score (nSPS) is 11.0. The number of benzene rings is 1. The average Bonchev–Trinajstić information content (AvgIpc) is 2.42. The van der Waals surface area contributed by atoms with Crippen molar-refractivity contribution < 1.29 is 0 Å². The lowest BCUT2D eigenvalue weighted by Gasteiger charge is -2.00. The zero-order valence-corrected chi connectivity index (χ0v) is 10.2. The van der Waals surface area contributed by atoms with Crippen LogP contribution in [0.4, 0.5) is 0 Å². The lowest BCUT2D eigenvalue weighted by Crippen LogP contribution is -1.72. The Labute approximate surface area is 95.7 Å². The first-order chi connectivity index (χ1) is 6.20. The summed E-state index contributed by atoms with van der Waals surface area (Å²) in [5, 5.41) is 1.21. The lowest BCUT2D eigenvalue weighted by atomic mass is 10.3. The molecule has 4 heteroatoms. The quantitative estimate of drug-likeness (QED) is 0.568. The fraction of sp³-hybridized carbons (Fsp3) is 0.111. The Kier molecular flexibility index (Phi) is 2.79. The SMILES string of the molecule is CSc1cc2cc(Cl)sc2cc1S. The molecule has 0 N–H and O–H groups in total. The monoisotopic (exact) mass is 246 g/mol.